The second-order valence-corrected chi connectivity index (χ2v) is 10.4. The van der Waals surface area contributed by atoms with E-state index in [1.807, 2.05) is 18.2 Å². The largest absolute Gasteiger partial charge is 0.481 e. The van der Waals surface area contributed by atoms with Gasteiger partial charge in [-0.25, -0.2) is 4.98 Å². The second kappa shape index (κ2) is 13.0. The number of anilines is 1. The third kappa shape index (κ3) is 6.73. The lowest BCUT2D eigenvalue weighted by Gasteiger charge is -2.34. The minimum Gasteiger partial charge on any atom is -0.481 e. The van der Waals surface area contributed by atoms with Crippen LogP contribution in [0.3, 0.4) is 0 Å². The van der Waals surface area contributed by atoms with Gasteiger partial charge in [0.2, 0.25) is 12.3 Å². The van der Waals surface area contributed by atoms with Crippen LogP contribution in [-0.4, -0.2) is 65.4 Å². The maximum absolute atomic E-state index is 11.1. The van der Waals surface area contributed by atoms with Crippen LogP contribution in [-0.2, 0) is 11.3 Å². The predicted molar refractivity (Wildman–Crippen MR) is 144 cm³/mol. The second-order valence-electron chi connectivity index (χ2n) is 9.06. The number of aliphatic hydroxyl groups is 1. The Balaban J connectivity index is 1.32. The zero-order chi connectivity index (χ0) is 25.3. The molecule has 2 aromatic heterocycles. The van der Waals surface area contributed by atoms with Crippen LogP contribution in [0.15, 0.2) is 47.5 Å². The number of nitrogens with zero attached hydrogens (tertiary/aromatic N) is 3. The molecule has 9 heteroatoms. The van der Waals surface area contributed by atoms with Crippen molar-refractivity contribution in [2.45, 2.75) is 37.3 Å². The van der Waals surface area contributed by atoms with Crippen molar-refractivity contribution in [1.82, 2.24) is 20.2 Å². The number of nitrogens with one attached hydrogen (secondary N) is 2. The highest BCUT2D eigenvalue weighted by Crippen LogP contribution is 2.28. The van der Waals surface area contributed by atoms with E-state index in [-0.39, 0.29) is 0 Å². The summed E-state index contributed by atoms with van der Waals surface area (Å²) in [5.74, 6) is 1.99. The van der Waals surface area contributed by atoms with Gasteiger partial charge in [0.05, 0.1) is 29.9 Å². The quantitative estimate of drug-likeness (QED) is 0.250. The molecule has 36 heavy (non-hydrogen) atoms. The fourth-order valence-electron chi connectivity index (χ4n) is 4.80. The number of hydrogen-bond donors (Lipinski definition) is 3. The molecule has 1 amide bonds. The standard InChI is InChI=1S/C27H35N5O3S/c1-3-36-25-8-6-19(13-23(25)30-18-33)14-28-15-20-5-4-12-32(16-20)17-24(34)21-10-11-29-22-7-9-26(35-2)31-27(21)22/h6-11,13,18,20,24,28,34H,3-5,12,14-17H2,1-2H3,(H,30,33). The topological polar surface area (TPSA) is 99.6 Å². The number of aromatic nitrogens is 2. The average molecular weight is 510 g/mol. The number of carbonyl (C=O) groups excluding carboxylic acids is 1. The zero-order valence-corrected chi connectivity index (χ0v) is 21.8. The molecular formula is C27H35N5O3S. The number of ether oxygens (including phenoxy) is 1. The van der Waals surface area contributed by atoms with Gasteiger partial charge in [0.15, 0.2) is 0 Å². The van der Waals surface area contributed by atoms with E-state index in [0.29, 0.717) is 23.9 Å². The SMILES string of the molecule is CCSc1ccc(CNCC2CCCN(CC(O)c3ccnc4ccc(OC)nc34)C2)cc1NC=O. The van der Waals surface area contributed by atoms with E-state index in [2.05, 4.69) is 44.6 Å². The van der Waals surface area contributed by atoms with E-state index < -0.39 is 6.10 Å². The highest BCUT2D eigenvalue weighted by Gasteiger charge is 2.23. The number of pyridine rings is 2. The van der Waals surface area contributed by atoms with Gasteiger partial charge < -0.3 is 25.4 Å². The summed E-state index contributed by atoms with van der Waals surface area (Å²) in [6, 6.07) is 11.7. The Labute approximate surface area is 216 Å². The fraction of sp³-hybridized carbons (Fsp3) is 0.444. The van der Waals surface area contributed by atoms with Crippen LogP contribution in [0.4, 0.5) is 5.69 Å². The molecule has 1 aliphatic heterocycles. The van der Waals surface area contributed by atoms with Gasteiger partial charge in [-0.05, 0) is 67.4 Å². The van der Waals surface area contributed by atoms with Crippen LogP contribution in [0.25, 0.3) is 11.0 Å². The van der Waals surface area contributed by atoms with Crippen LogP contribution < -0.4 is 15.4 Å². The maximum Gasteiger partial charge on any atom is 0.213 e. The molecule has 0 bridgehead atoms. The number of thioether (sulfide) groups is 1. The number of aliphatic hydroxyl groups excluding tert-OH is 1. The molecular weight excluding hydrogens is 474 g/mol. The molecule has 1 saturated heterocycles. The molecule has 0 spiro atoms. The average Bonchev–Trinajstić information content (AvgIpc) is 2.90. The molecule has 2 atom stereocenters. The molecule has 3 aromatic rings. The van der Waals surface area contributed by atoms with E-state index in [1.54, 1.807) is 31.1 Å². The minimum absolute atomic E-state index is 0.515. The first kappa shape index (κ1) is 26.3. The molecule has 3 N–H and O–H groups in total. The van der Waals surface area contributed by atoms with Gasteiger partial charge in [-0.1, -0.05) is 13.0 Å². The Bertz CT molecular complexity index is 1160. The summed E-state index contributed by atoms with van der Waals surface area (Å²) < 4.78 is 5.27. The fourth-order valence-corrected chi connectivity index (χ4v) is 5.55. The van der Waals surface area contributed by atoms with Crippen LogP contribution in [0.2, 0.25) is 0 Å². The van der Waals surface area contributed by atoms with E-state index in [9.17, 15) is 9.90 Å². The van der Waals surface area contributed by atoms with Crippen molar-refractivity contribution in [3.8, 4) is 5.88 Å². The first-order chi connectivity index (χ1) is 17.6. The van der Waals surface area contributed by atoms with Crippen LogP contribution in [0.1, 0.15) is 37.0 Å². The maximum atomic E-state index is 11.1. The van der Waals surface area contributed by atoms with Crippen LogP contribution >= 0.6 is 11.8 Å². The van der Waals surface area contributed by atoms with Gasteiger partial charge in [-0.2, -0.15) is 0 Å². The molecule has 1 aliphatic rings. The van der Waals surface area contributed by atoms with Gasteiger partial charge in [0.1, 0.15) is 0 Å². The van der Waals surface area contributed by atoms with Crippen molar-refractivity contribution in [2.75, 3.05) is 44.4 Å². The lowest BCUT2D eigenvalue weighted by molar-refractivity contribution is -0.105. The number of amides is 1. The molecule has 3 heterocycles. The summed E-state index contributed by atoms with van der Waals surface area (Å²) >= 11 is 1.72. The third-order valence-electron chi connectivity index (χ3n) is 6.51. The summed E-state index contributed by atoms with van der Waals surface area (Å²) in [6.45, 7) is 6.24. The summed E-state index contributed by atoms with van der Waals surface area (Å²) in [6.07, 6.45) is 4.09. The van der Waals surface area contributed by atoms with Gasteiger partial charge in [0, 0.05) is 42.4 Å². The first-order valence-corrected chi connectivity index (χ1v) is 13.5. The normalized spacial score (nSPS) is 17.1. The molecule has 1 aromatic carbocycles. The number of carbonyl (C=O) groups is 1. The number of methoxy groups -OCH3 is 1. The Morgan fingerprint density at radius 3 is 3.00 bits per heavy atom. The Hall–Kier alpha value is -2.72. The van der Waals surface area contributed by atoms with E-state index >= 15 is 0 Å². The Morgan fingerprint density at radius 1 is 1.31 bits per heavy atom. The number of benzene rings is 1. The van der Waals surface area contributed by atoms with Gasteiger partial charge >= 0.3 is 0 Å². The lowest BCUT2D eigenvalue weighted by Crippen LogP contribution is -2.41. The third-order valence-corrected chi connectivity index (χ3v) is 7.47. The van der Waals surface area contributed by atoms with E-state index in [1.165, 1.54) is 6.42 Å². The van der Waals surface area contributed by atoms with Crippen LogP contribution in [0, 0.1) is 5.92 Å². The number of piperidine rings is 1. The molecule has 192 valence electrons. The van der Waals surface area contributed by atoms with Gasteiger partial charge in [-0.3, -0.25) is 9.78 Å². The number of fused-ring (bicyclic) bond motifs is 1. The number of rotatable bonds is 12. The molecule has 8 nitrogen and oxygen atoms in total. The minimum atomic E-state index is -0.648. The summed E-state index contributed by atoms with van der Waals surface area (Å²) in [7, 11) is 1.59. The molecule has 2 unspecified atom stereocenters. The number of β-amino-alcohol motifs (C(OH)–C–C–N with tert-alkyl or cyclic N) is 1. The van der Waals surface area contributed by atoms with Crippen LogP contribution in [0.5, 0.6) is 5.88 Å². The predicted octanol–water partition coefficient (Wildman–Crippen LogP) is 3.85. The molecule has 0 saturated carbocycles. The zero-order valence-electron chi connectivity index (χ0n) is 20.9. The molecule has 0 aliphatic carbocycles. The summed E-state index contributed by atoms with van der Waals surface area (Å²) in [5.41, 5.74) is 4.23. The highest BCUT2D eigenvalue weighted by molar-refractivity contribution is 7.99. The van der Waals surface area contributed by atoms with Crippen molar-refractivity contribution < 1.29 is 14.6 Å². The van der Waals surface area contributed by atoms with E-state index in [0.717, 1.165) is 72.0 Å². The van der Waals surface area contributed by atoms with Gasteiger partial charge in [0.25, 0.3) is 0 Å². The van der Waals surface area contributed by atoms with E-state index in [4.69, 9.17) is 4.74 Å². The summed E-state index contributed by atoms with van der Waals surface area (Å²) in [4.78, 5) is 23.3. The molecule has 0 radical (unpaired) electrons. The molecule has 4 rings (SSSR count). The van der Waals surface area contributed by atoms with Crippen molar-refractivity contribution in [3.05, 3.63) is 53.7 Å². The Kier molecular flexibility index (Phi) is 9.52. The van der Waals surface area contributed by atoms with Crippen molar-refractivity contribution in [3.63, 3.8) is 0 Å². The lowest BCUT2D eigenvalue weighted by atomic mass is 9.97. The van der Waals surface area contributed by atoms with Crippen molar-refractivity contribution >= 4 is 34.9 Å². The molecule has 1 fully saturated rings. The Morgan fingerprint density at radius 2 is 2.19 bits per heavy atom. The van der Waals surface area contributed by atoms with Crippen molar-refractivity contribution in [1.29, 1.82) is 0 Å². The summed E-state index contributed by atoms with van der Waals surface area (Å²) in [5, 5.41) is 17.5. The first-order valence-electron chi connectivity index (χ1n) is 12.5. The van der Waals surface area contributed by atoms with Crippen molar-refractivity contribution in [2.24, 2.45) is 5.92 Å². The smallest absolute Gasteiger partial charge is 0.213 e. The number of hydrogen-bond acceptors (Lipinski definition) is 8. The monoisotopic (exact) mass is 509 g/mol. The highest BCUT2D eigenvalue weighted by atomic mass is 32.2. The number of likely N-dealkylation sites (tertiary alicyclic amines) is 1. The van der Waals surface area contributed by atoms with Gasteiger partial charge in [-0.15, -0.1) is 11.8 Å².